The average molecular weight is 457 g/mol. The molecule has 0 aromatic carbocycles. The second-order valence-electron chi connectivity index (χ2n) is 8.02. The molecule has 4 heterocycles. The number of hydrogen-bond donors (Lipinski definition) is 1. The molecule has 0 atom stereocenters. The van der Waals surface area contributed by atoms with Crippen LogP contribution in [0.1, 0.15) is 44.5 Å². The van der Waals surface area contributed by atoms with E-state index >= 15 is 0 Å². The molecule has 29 heavy (non-hydrogen) atoms. The van der Waals surface area contributed by atoms with E-state index in [0.717, 1.165) is 58.8 Å². The fraction of sp³-hybridized carbons (Fsp3) is 0.524. The third kappa shape index (κ3) is 5.29. The number of rotatable bonds is 5. The van der Waals surface area contributed by atoms with Crippen molar-refractivity contribution in [3.8, 4) is 0 Å². The summed E-state index contributed by atoms with van der Waals surface area (Å²) in [5.41, 5.74) is 2.93. The number of thioether (sulfide) groups is 1. The quantitative estimate of drug-likeness (QED) is 0.715. The predicted molar refractivity (Wildman–Crippen MR) is 125 cm³/mol. The third-order valence-electron chi connectivity index (χ3n) is 5.48. The minimum Gasteiger partial charge on any atom is -0.349 e. The minimum atomic E-state index is 0. The Morgan fingerprint density at radius 1 is 1.28 bits per heavy atom. The van der Waals surface area contributed by atoms with Crippen molar-refractivity contribution >= 4 is 54.2 Å². The fourth-order valence-electron chi connectivity index (χ4n) is 3.82. The molecule has 0 bridgehead atoms. The van der Waals surface area contributed by atoms with Crippen molar-refractivity contribution in [2.75, 3.05) is 19.6 Å². The Labute approximate surface area is 189 Å². The molecule has 1 N–H and O–H groups in total. The molecule has 2 aliphatic rings. The van der Waals surface area contributed by atoms with Crippen LogP contribution < -0.4 is 5.32 Å². The summed E-state index contributed by atoms with van der Waals surface area (Å²) < 4.78 is 2.13. The SMILES string of the molecule is Cc1nc2cccc3n2c1C=C(C(=O)NC1CCN(CCC(C)C)CC1)S3.Cl.Cl. The summed E-state index contributed by atoms with van der Waals surface area (Å²) in [5, 5.41) is 4.32. The van der Waals surface area contributed by atoms with Gasteiger partial charge in [0.15, 0.2) is 0 Å². The van der Waals surface area contributed by atoms with E-state index in [9.17, 15) is 4.79 Å². The zero-order valence-electron chi connectivity index (χ0n) is 17.2. The number of aryl methyl sites for hydroxylation is 1. The Morgan fingerprint density at radius 2 is 2.00 bits per heavy atom. The third-order valence-corrected chi connectivity index (χ3v) is 6.53. The second-order valence-corrected chi connectivity index (χ2v) is 9.08. The van der Waals surface area contributed by atoms with Crippen molar-refractivity contribution in [1.82, 2.24) is 19.6 Å². The van der Waals surface area contributed by atoms with Gasteiger partial charge in [0, 0.05) is 19.1 Å². The highest BCUT2D eigenvalue weighted by atomic mass is 35.5. The summed E-state index contributed by atoms with van der Waals surface area (Å²) in [5.74, 6) is 0.795. The predicted octanol–water partition coefficient (Wildman–Crippen LogP) is 4.56. The summed E-state index contributed by atoms with van der Waals surface area (Å²) >= 11 is 1.53. The van der Waals surface area contributed by atoms with Gasteiger partial charge in [-0.2, -0.15) is 0 Å². The van der Waals surface area contributed by atoms with Crippen molar-refractivity contribution in [2.45, 2.75) is 51.1 Å². The van der Waals surface area contributed by atoms with Gasteiger partial charge >= 0.3 is 0 Å². The van der Waals surface area contributed by atoms with Crippen molar-refractivity contribution in [3.05, 3.63) is 34.5 Å². The van der Waals surface area contributed by atoms with Crippen molar-refractivity contribution in [1.29, 1.82) is 0 Å². The number of aromatic nitrogens is 2. The second kappa shape index (κ2) is 10.2. The standard InChI is InChI=1S/C21H28N4OS.2ClH/c1-14(2)7-10-24-11-8-16(9-12-24)23-21(26)18-13-17-15(3)22-19-5-4-6-20(27-18)25(17)19;;/h4-6,13-14,16H,7-12H2,1-3H3,(H,23,26);2*1H. The molecular formula is C21H30Cl2N4OS. The fourth-order valence-corrected chi connectivity index (χ4v) is 4.80. The molecule has 2 aromatic heterocycles. The van der Waals surface area contributed by atoms with E-state index in [1.165, 1.54) is 24.7 Å². The van der Waals surface area contributed by atoms with Gasteiger partial charge < -0.3 is 10.2 Å². The highest BCUT2D eigenvalue weighted by molar-refractivity contribution is 8.04. The number of amides is 1. The van der Waals surface area contributed by atoms with Gasteiger partial charge in [0.1, 0.15) is 5.65 Å². The molecule has 4 rings (SSSR count). The molecule has 1 fully saturated rings. The number of imidazole rings is 1. The van der Waals surface area contributed by atoms with Gasteiger partial charge in [-0.25, -0.2) is 4.98 Å². The summed E-state index contributed by atoms with van der Waals surface area (Å²) in [6.07, 6.45) is 5.31. The van der Waals surface area contributed by atoms with Crippen LogP contribution in [0, 0.1) is 12.8 Å². The van der Waals surface area contributed by atoms with Crippen molar-refractivity contribution in [3.63, 3.8) is 0 Å². The molecule has 2 aromatic rings. The molecule has 5 nitrogen and oxygen atoms in total. The lowest BCUT2D eigenvalue weighted by Gasteiger charge is -2.33. The lowest BCUT2D eigenvalue weighted by Crippen LogP contribution is -2.45. The van der Waals surface area contributed by atoms with Crippen molar-refractivity contribution < 1.29 is 4.79 Å². The van der Waals surface area contributed by atoms with Crippen molar-refractivity contribution in [2.24, 2.45) is 5.92 Å². The molecule has 160 valence electrons. The zero-order chi connectivity index (χ0) is 19.0. The average Bonchev–Trinajstić information content (AvgIpc) is 2.98. The van der Waals surface area contributed by atoms with Crippen LogP contribution in [0.5, 0.6) is 0 Å². The van der Waals surface area contributed by atoms with E-state index in [2.05, 4.69) is 39.5 Å². The Balaban J connectivity index is 0.00000150. The largest absolute Gasteiger partial charge is 0.349 e. The first kappa shape index (κ1) is 24.1. The molecule has 2 aliphatic heterocycles. The zero-order valence-corrected chi connectivity index (χ0v) is 19.6. The Kier molecular flexibility index (Phi) is 8.47. The molecule has 1 amide bonds. The molecule has 0 saturated carbocycles. The summed E-state index contributed by atoms with van der Waals surface area (Å²) in [4.78, 5) is 20.8. The van der Waals surface area contributed by atoms with Gasteiger partial charge in [-0.3, -0.25) is 9.20 Å². The van der Waals surface area contributed by atoms with Crippen LogP contribution in [0.2, 0.25) is 0 Å². The number of nitrogens with zero attached hydrogens (tertiary/aromatic N) is 3. The Hall–Kier alpha value is -1.21. The molecule has 1 saturated heterocycles. The number of carbonyl (C=O) groups is 1. The lowest BCUT2D eigenvalue weighted by atomic mass is 10.0. The molecule has 0 radical (unpaired) electrons. The van der Waals surface area contributed by atoms with Gasteiger partial charge in [0.2, 0.25) is 0 Å². The minimum absolute atomic E-state index is 0. The van der Waals surface area contributed by atoms with E-state index in [1.807, 2.05) is 25.1 Å². The number of hydrogen-bond acceptors (Lipinski definition) is 4. The smallest absolute Gasteiger partial charge is 0.258 e. The van der Waals surface area contributed by atoms with Crippen LogP contribution in [0.15, 0.2) is 28.1 Å². The van der Waals surface area contributed by atoms with Crippen LogP contribution in [0.4, 0.5) is 0 Å². The summed E-state index contributed by atoms with van der Waals surface area (Å²) in [6.45, 7) is 9.88. The maximum absolute atomic E-state index is 12.9. The highest BCUT2D eigenvalue weighted by Gasteiger charge is 2.25. The number of halogens is 2. The van der Waals surface area contributed by atoms with Gasteiger partial charge in [0.05, 0.1) is 21.3 Å². The van der Waals surface area contributed by atoms with Gasteiger partial charge in [0.25, 0.3) is 5.91 Å². The maximum Gasteiger partial charge on any atom is 0.258 e. The lowest BCUT2D eigenvalue weighted by molar-refractivity contribution is -0.117. The van der Waals surface area contributed by atoms with Crippen LogP contribution in [0.3, 0.4) is 0 Å². The monoisotopic (exact) mass is 456 g/mol. The molecular weight excluding hydrogens is 427 g/mol. The Bertz CT molecular complexity index is 888. The number of likely N-dealkylation sites (tertiary alicyclic amines) is 1. The van der Waals surface area contributed by atoms with E-state index in [0.29, 0.717) is 0 Å². The van der Waals surface area contributed by atoms with Gasteiger partial charge in [-0.15, -0.1) is 24.8 Å². The number of pyridine rings is 1. The van der Waals surface area contributed by atoms with Gasteiger partial charge in [-0.05, 0) is 56.9 Å². The topological polar surface area (TPSA) is 49.6 Å². The van der Waals surface area contributed by atoms with Gasteiger partial charge in [-0.1, -0.05) is 31.7 Å². The first-order valence-electron chi connectivity index (χ1n) is 9.92. The molecule has 0 aliphatic carbocycles. The van der Waals surface area contributed by atoms with E-state index < -0.39 is 0 Å². The first-order chi connectivity index (χ1) is 13.0. The Morgan fingerprint density at radius 3 is 2.69 bits per heavy atom. The maximum atomic E-state index is 12.9. The number of carbonyl (C=O) groups excluding carboxylic acids is 1. The van der Waals surface area contributed by atoms with E-state index in [1.54, 1.807) is 0 Å². The van der Waals surface area contributed by atoms with E-state index in [4.69, 9.17) is 0 Å². The number of piperidine rings is 1. The highest BCUT2D eigenvalue weighted by Crippen LogP contribution is 2.35. The molecule has 8 heteroatoms. The van der Waals surface area contributed by atoms with Crippen LogP contribution in [-0.2, 0) is 4.79 Å². The normalized spacial score (nSPS) is 16.9. The summed E-state index contributed by atoms with van der Waals surface area (Å²) in [7, 11) is 0. The number of nitrogens with one attached hydrogen (secondary N) is 1. The van der Waals surface area contributed by atoms with Crippen LogP contribution in [-0.4, -0.2) is 45.9 Å². The molecule has 0 spiro atoms. The first-order valence-corrected chi connectivity index (χ1v) is 10.7. The summed E-state index contributed by atoms with van der Waals surface area (Å²) in [6, 6.07) is 6.34. The van der Waals surface area contributed by atoms with E-state index in [-0.39, 0.29) is 36.8 Å². The van der Waals surface area contributed by atoms with Crippen LogP contribution >= 0.6 is 36.6 Å². The molecule has 0 unspecified atom stereocenters. The van der Waals surface area contributed by atoms with Crippen LogP contribution in [0.25, 0.3) is 11.7 Å².